The second-order valence-electron chi connectivity index (χ2n) is 5.04. The van der Waals surface area contributed by atoms with Gasteiger partial charge < -0.3 is 16.2 Å². The molecule has 4 N–H and O–H groups in total. The van der Waals surface area contributed by atoms with Crippen molar-refractivity contribution in [3.05, 3.63) is 29.8 Å². The quantitative estimate of drug-likeness (QED) is 0.876. The van der Waals surface area contributed by atoms with Gasteiger partial charge in [-0.1, -0.05) is 12.1 Å². The molecule has 0 saturated carbocycles. The molecule has 0 aliphatic rings. The van der Waals surface area contributed by atoms with Gasteiger partial charge in [0.25, 0.3) is 0 Å². The first-order valence-electron chi connectivity index (χ1n) is 6.37. The Balaban J connectivity index is 0.00000172. The standard InChI is InChI=1S/C13H18F3NO.CH5N/c1-12(2,17)8-4-6-10-5-3-7-11(9-10)18-13(14,15)16;1-2/h3,5,7,9H,4,6,8,17H2,1-2H3;2H2,1H3. The number of ether oxygens (including phenoxy) is 1. The van der Waals surface area contributed by atoms with Gasteiger partial charge in [-0.15, -0.1) is 13.2 Å². The van der Waals surface area contributed by atoms with Crippen molar-refractivity contribution in [1.82, 2.24) is 0 Å². The van der Waals surface area contributed by atoms with Crippen molar-refractivity contribution >= 4 is 0 Å². The van der Waals surface area contributed by atoms with Crippen LogP contribution in [-0.4, -0.2) is 18.9 Å². The highest BCUT2D eigenvalue weighted by Gasteiger charge is 2.31. The van der Waals surface area contributed by atoms with E-state index in [9.17, 15) is 13.2 Å². The monoisotopic (exact) mass is 292 g/mol. The summed E-state index contributed by atoms with van der Waals surface area (Å²) in [5.74, 6) is -0.174. The van der Waals surface area contributed by atoms with Crippen LogP contribution >= 0.6 is 0 Å². The van der Waals surface area contributed by atoms with Crippen molar-refractivity contribution < 1.29 is 17.9 Å². The predicted molar refractivity (Wildman–Crippen MR) is 74.4 cm³/mol. The Labute approximate surface area is 118 Å². The normalized spacial score (nSPS) is 11.6. The van der Waals surface area contributed by atoms with Crippen molar-refractivity contribution in [3.63, 3.8) is 0 Å². The number of benzene rings is 1. The Hall–Kier alpha value is -1.27. The average molecular weight is 292 g/mol. The molecule has 0 amide bonds. The average Bonchev–Trinajstić information content (AvgIpc) is 2.28. The number of rotatable bonds is 5. The lowest BCUT2D eigenvalue weighted by Crippen LogP contribution is -2.31. The molecular formula is C14H23F3N2O. The van der Waals surface area contributed by atoms with Crippen LogP contribution in [0.2, 0.25) is 0 Å². The smallest absolute Gasteiger partial charge is 0.406 e. The van der Waals surface area contributed by atoms with Gasteiger partial charge in [0.2, 0.25) is 0 Å². The molecule has 0 heterocycles. The Morgan fingerprint density at radius 1 is 1.15 bits per heavy atom. The van der Waals surface area contributed by atoms with E-state index >= 15 is 0 Å². The van der Waals surface area contributed by atoms with Gasteiger partial charge in [-0.25, -0.2) is 0 Å². The lowest BCUT2D eigenvalue weighted by atomic mass is 9.97. The third-order valence-electron chi connectivity index (χ3n) is 2.42. The zero-order chi connectivity index (χ0) is 15.8. The lowest BCUT2D eigenvalue weighted by molar-refractivity contribution is -0.274. The molecule has 0 aromatic heterocycles. The van der Waals surface area contributed by atoms with E-state index in [4.69, 9.17) is 5.73 Å². The summed E-state index contributed by atoms with van der Waals surface area (Å²) < 4.78 is 40.0. The maximum absolute atomic E-state index is 12.0. The van der Waals surface area contributed by atoms with E-state index in [-0.39, 0.29) is 11.3 Å². The maximum Gasteiger partial charge on any atom is 0.573 e. The van der Waals surface area contributed by atoms with Crippen LogP contribution in [0.15, 0.2) is 24.3 Å². The van der Waals surface area contributed by atoms with Crippen molar-refractivity contribution in [2.45, 2.75) is 45.0 Å². The molecule has 0 unspecified atom stereocenters. The first-order valence-corrected chi connectivity index (χ1v) is 6.37. The SMILES string of the molecule is CC(C)(N)CCCc1cccc(OC(F)(F)F)c1.CN. The van der Waals surface area contributed by atoms with Crippen molar-refractivity contribution in [3.8, 4) is 5.75 Å². The zero-order valence-electron chi connectivity index (χ0n) is 12.1. The Kier molecular flexibility index (Phi) is 7.60. The molecule has 20 heavy (non-hydrogen) atoms. The summed E-state index contributed by atoms with van der Waals surface area (Å²) in [5.41, 5.74) is 10.9. The highest BCUT2D eigenvalue weighted by molar-refractivity contribution is 5.28. The molecule has 0 spiro atoms. The van der Waals surface area contributed by atoms with Crippen molar-refractivity contribution in [2.75, 3.05) is 7.05 Å². The summed E-state index contributed by atoms with van der Waals surface area (Å²) >= 11 is 0. The van der Waals surface area contributed by atoms with Gasteiger partial charge in [0.05, 0.1) is 0 Å². The summed E-state index contributed by atoms with van der Waals surface area (Å²) in [4.78, 5) is 0. The first-order chi connectivity index (χ1) is 9.16. The summed E-state index contributed by atoms with van der Waals surface area (Å²) in [7, 11) is 1.50. The predicted octanol–water partition coefficient (Wildman–Crippen LogP) is 3.22. The fourth-order valence-electron chi connectivity index (χ4n) is 1.65. The van der Waals surface area contributed by atoms with Gasteiger partial charge in [-0.05, 0) is 57.9 Å². The third kappa shape index (κ3) is 9.63. The Morgan fingerprint density at radius 2 is 1.75 bits per heavy atom. The van der Waals surface area contributed by atoms with Crippen LogP contribution < -0.4 is 16.2 Å². The Bertz CT molecular complexity index is 387. The van der Waals surface area contributed by atoms with Gasteiger partial charge >= 0.3 is 6.36 Å². The highest BCUT2D eigenvalue weighted by Crippen LogP contribution is 2.24. The molecule has 116 valence electrons. The summed E-state index contributed by atoms with van der Waals surface area (Å²) in [5, 5.41) is 0. The van der Waals surface area contributed by atoms with E-state index in [0.717, 1.165) is 18.4 Å². The minimum atomic E-state index is -4.64. The fraction of sp³-hybridized carbons (Fsp3) is 0.571. The molecule has 0 fully saturated rings. The second kappa shape index (κ2) is 8.11. The number of nitrogens with two attached hydrogens (primary N) is 2. The van der Waals surface area contributed by atoms with Gasteiger partial charge in [0, 0.05) is 5.54 Å². The third-order valence-corrected chi connectivity index (χ3v) is 2.42. The van der Waals surface area contributed by atoms with E-state index in [2.05, 4.69) is 10.5 Å². The number of halogens is 3. The number of alkyl halides is 3. The zero-order valence-corrected chi connectivity index (χ0v) is 12.1. The van der Waals surface area contributed by atoms with E-state index < -0.39 is 6.36 Å². The molecular weight excluding hydrogens is 269 g/mol. The minimum Gasteiger partial charge on any atom is -0.406 e. The van der Waals surface area contributed by atoms with Crippen molar-refractivity contribution in [1.29, 1.82) is 0 Å². The molecule has 0 saturated heterocycles. The van der Waals surface area contributed by atoms with E-state index in [1.54, 1.807) is 12.1 Å². The molecule has 0 aliphatic carbocycles. The van der Waals surface area contributed by atoms with Crippen LogP contribution in [0.3, 0.4) is 0 Å². The van der Waals surface area contributed by atoms with Crippen LogP contribution in [0.5, 0.6) is 5.75 Å². The summed E-state index contributed by atoms with van der Waals surface area (Å²) in [6.45, 7) is 3.85. The lowest BCUT2D eigenvalue weighted by Gasteiger charge is -2.18. The van der Waals surface area contributed by atoms with Crippen LogP contribution in [0.25, 0.3) is 0 Å². The first kappa shape index (κ1) is 18.7. The van der Waals surface area contributed by atoms with Gasteiger partial charge in [-0.2, -0.15) is 0 Å². The fourth-order valence-corrected chi connectivity index (χ4v) is 1.65. The second-order valence-corrected chi connectivity index (χ2v) is 5.04. The molecule has 6 heteroatoms. The topological polar surface area (TPSA) is 61.3 Å². The molecule has 3 nitrogen and oxygen atoms in total. The maximum atomic E-state index is 12.0. The number of hydrogen-bond acceptors (Lipinski definition) is 3. The van der Waals surface area contributed by atoms with Crippen LogP contribution in [-0.2, 0) is 6.42 Å². The van der Waals surface area contributed by atoms with E-state index in [1.807, 2.05) is 13.8 Å². The largest absolute Gasteiger partial charge is 0.573 e. The molecule has 0 atom stereocenters. The highest BCUT2D eigenvalue weighted by atomic mass is 19.4. The molecule has 1 rings (SSSR count). The Morgan fingerprint density at radius 3 is 2.25 bits per heavy atom. The molecule has 1 aromatic rings. The van der Waals surface area contributed by atoms with E-state index in [1.165, 1.54) is 19.2 Å². The minimum absolute atomic E-state index is 0.174. The van der Waals surface area contributed by atoms with Crippen LogP contribution in [0, 0.1) is 0 Å². The van der Waals surface area contributed by atoms with Gasteiger partial charge in [0.15, 0.2) is 0 Å². The summed E-state index contributed by atoms with van der Waals surface area (Å²) in [6, 6.07) is 6.05. The molecule has 0 aliphatic heterocycles. The molecule has 0 bridgehead atoms. The summed E-state index contributed by atoms with van der Waals surface area (Å²) in [6.07, 6.45) is -2.30. The molecule has 1 aromatic carbocycles. The number of hydrogen-bond donors (Lipinski definition) is 2. The van der Waals surface area contributed by atoms with Crippen LogP contribution in [0.4, 0.5) is 13.2 Å². The van der Waals surface area contributed by atoms with E-state index in [0.29, 0.717) is 6.42 Å². The van der Waals surface area contributed by atoms with Crippen molar-refractivity contribution in [2.24, 2.45) is 11.5 Å². The van der Waals surface area contributed by atoms with Crippen LogP contribution in [0.1, 0.15) is 32.3 Å². The van der Waals surface area contributed by atoms with Gasteiger partial charge in [-0.3, -0.25) is 0 Å². The van der Waals surface area contributed by atoms with Gasteiger partial charge in [0.1, 0.15) is 5.75 Å². The number of aryl methyl sites for hydroxylation is 1. The molecule has 0 radical (unpaired) electrons.